The Morgan fingerprint density at radius 3 is 2.75 bits per heavy atom. The zero-order valence-electron chi connectivity index (χ0n) is 10.5. The predicted octanol–water partition coefficient (Wildman–Crippen LogP) is 2.76. The first-order valence-electron chi connectivity index (χ1n) is 6.09. The third kappa shape index (κ3) is 2.14. The lowest BCUT2D eigenvalue weighted by Crippen LogP contribution is -2.03. The molecule has 0 aliphatic carbocycles. The SMILES string of the molecule is O=C(O)c1cccc2nc(Cc3ccccc3F)cn12. The minimum absolute atomic E-state index is 0.134. The van der Waals surface area contributed by atoms with Crippen LogP contribution in [0, 0.1) is 5.82 Å². The number of aromatic nitrogens is 2. The quantitative estimate of drug-likeness (QED) is 0.796. The molecule has 0 fully saturated rings. The number of carbonyl (C=O) groups is 1. The Morgan fingerprint density at radius 1 is 1.20 bits per heavy atom. The fraction of sp³-hybridized carbons (Fsp3) is 0.0667. The number of fused-ring (bicyclic) bond motifs is 1. The Balaban J connectivity index is 2.04. The molecule has 0 saturated heterocycles. The molecule has 0 spiro atoms. The summed E-state index contributed by atoms with van der Waals surface area (Å²) in [7, 11) is 0. The Kier molecular flexibility index (Phi) is 2.95. The van der Waals surface area contributed by atoms with E-state index in [4.69, 9.17) is 5.11 Å². The Bertz CT molecular complexity index is 795. The van der Waals surface area contributed by atoms with E-state index in [1.165, 1.54) is 16.5 Å². The molecule has 2 heterocycles. The number of halogens is 1. The van der Waals surface area contributed by atoms with Crippen molar-refractivity contribution in [1.82, 2.24) is 9.38 Å². The van der Waals surface area contributed by atoms with E-state index in [2.05, 4.69) is 4.98 Å². The summed E-state index contributed by atoms with van der Waals surface area (Å²) in [5.41, 5.74) is 1.84. The van der Waals surface area contributed by atoms with Crippen molar-refractivity contribution in [2.75, 3.05) is 0 Å². The molecule has 0 unspecified atom stereocenters. The van der Waals surface area contributed by atoms with E-state index in [-0.39, 0.29) is 11.5 Å². The van der Waals surface area contributed by atoms with Crippen molar-refractivity contribution in [2.45, 2.75) is 6.42 Å². The summed E-state index contributed by atoms with van der Waals surface area (Å²) in [6, 6.07) is 11.3. The molecular formula is C15H11FN2O2. The van der Waals surface area contributed by atoms with Crippen molar-refractivity contribution < 1.29 is 14.3 Å². The van der Waals surface area contributed by atoms with E-state index >= 15 is 0 Å². The normalized spacial score (nSPS) is 10.8. The van der Waals surface area contributed by atoms with Gasteiger partial charge in [0.2, 0.25) is 0 Å². The number of carboxylic acids is 1. The first-order chi connectivity index (χ1) is 9.65. The van der Waals surface area contributed by atoms with Crippen molar-refractivity contribution in [1.29, 1.82) is 0 Å². The molecule has 5 heteroatoms. The fourth-order valence-electron chi connectivity index (χ4n) is 2.16. The van der Waals surface area contributed by atoms with Gasteiger partial charge >= 0.3 is 5.97 Å². The molecule has 0 atom stereocenters. The number of hydrogen-bond acceptors (Lipinski definition) is 2. The molecule has 3 aromatic rings. The lowest BCUT2D eigenvalue weighted by atomic mass is 10.1. The Morgan fingerprint density at radius 2 is 2.00 bits per heavy atom. The summed E-state index contributed by atoms with van der Waals surface area (Å²) in [6.07, 6.45) is 1.96. The van der Waals surface area contributed by atoms with Crippen LogP contribution in [0.3, 0.4) is 0 Å². The maximum absolute atomic E-state index is 13.6. The third-order valence-corrected chi connectivity index (χ3v) is 3.09. The molecule has 4 nitrogen and oxygen atoms in total. The second kappa shape index (κ2) is 4.77. The summed E-state index contributed by atoms with van der Waals surface area (Å²) in [6.45, 7) is 0. The van der Waals surface area contributed by atoms with Crippen molar-refractivity contribution in [2.24, 2.45) is 0 Å². The third-order valence-electron chi connectivity index (χ3n) is 3.09. The first-order valence-corrected chi connectivity index (χ1v) is 6.09. The number of rotatable bonds is 3. The first kappa shape index (κ1) is 12.3. The van der Waals surface area contributed by atoms with Crippen LogP contribution in [0.2, 0.25) is 0 Å². The van der Waals surface area contributed by atoms with Crippen molar-refractivity contribution in [3.63, 3.8) is 0 Å². The molecule has 0 aliphatic heterocycles. The molecule has 20 heavy (non-hydrogen) atoms. The highest BCUT2D eigenvalue weighted by molar-refractivity contribution is 5.86. The molecule has 0 saturated carbocycles. The number of aromatic carboxylic acids is 1. The van der Waals surface area contributed by atoms with E-state index in [0.717, 1.165) is 0 Å². The Labute approximate surface area is 114 Å². The van der Waals surface area contributed by atoms with Crippen LogP contribution in [0.1, 0.15) is 21.7 Å². The van der Waals surface area contributed by atoms with E-state index < -0.39 is 5.97 Å². The van der Waals surface area contributed by atoms with Crippen molar-refractivity contribution >= 4 is 11.6 Å². The largest absolute Gasteiger partial charge is 0.477 e. The molecule has 0 aliphatic rings. The summed E-state index contributed by atoms with van der Waals surface area (Å²) in [5.74, 6) is -1.31. The molecule has 0 amide bonds. The minimum atomic E-state index is -1.02. The number of nitrogens with zero attached hydrogens (tertiary/aromatic N) is 2. The van der Waals surface area contributed by atoms with Crippen LogP contribution >= 0.6 is 0 Å². The summed E-state index contributed by atoms with van der Waals surface area (Å²) in [5, 5.41) is 9.12. The highest BCUT2D eigenvalue weighted by Gasteiger charge is 2.11. The summed E-state index contributed by atoms with van der Waals surface area (Å²) < 4.78 is 15.1. The number of hydrogen-bond donors (Lipinski definition) is 1. The van der Waals surface area contributed by atoms with Crippen LogP contribution in [0.5, 0.6) is 0 Å². The van der Waals surface area contributed by atoms with E-state index in [1.54, 1.807) is 36.5 Å². The van der Waals surface area contributed by atoms with Crippen LogP contribution < -0.4 is 0 Å². The molecule has 3 rings (SSSR count). The number of carboxylic acid groups (broad SMARTS) is 1. The average Bonchev–Trinajstić information content (AvgIpc) is 2.83. The van der Waals surface area contributed by atoms with Gasteiger partial charge in [-0.2, -0.15) is 0 Å². The van der Waals surface area contributed by atoms with Crippen LogP contribution in [-0.2, 0) is 6.42 Å². The molecule has 100 valence electrons. The van der Waals surface area contributed by atoms with Gasteiger partial charge in [-0.3, -0.25) is 4.40 Å². The lowest BCUT2D eigenvalue weighted by molar-refractivity contribution is 0.0689. The molecule has 1 aromatic carbocycles. The van der Waals surface area contributed by atoms with Gasteiger partial charge in [-0.25, -0.2) is 14.2 Å². The standard InChI is InChI=1S/C15H11FN2O2/c16-12-5-2-1-4-10(12)8-11-9-18-13(15(19)20)6-3-7-14(18)17-11/h1-7,9H,8H2,(H,19,20). The van der Waals surface area contributed by atoms with Crippen molar-refractivity contribution in [3.8, 4) is 0 Å². The van der Waals surface area contributed by atoms with Gasteiger partial charge in [0.05, 0.1) is 5.69 Å². The maximum Gasteiger partial charge on any atom is 0.352 e. The smallest absolute Gasteiger partial charge is 0.352 e. The van der Waals surface area contributed by atoms with Crippen LogP contribution in [0.25, 0.3) is 5.65 Å². The average molecular weight is 270 g/mol. The van der Waals surface area contributed by atoms with Gasteiger partial charge in [0.1, 0.15) is 17.2 Å². The van der Waals surface area contributed by atoms with Crippen LogP contribution in [0.4, 0.5) is 4.39 Å². The number of benzene rings is 1. The zero-order valence-corrected chi connectivity index (χ0v) is 10.5. The molecule has 0 bridgehead atoms. The molecular weight excluding hydrogens is 259 g/mol. The van der Waals surface area contributed by atoms with Crippen LogP contribution in [-0.4, -0.2) is 20.5 Å². The lowest BCUT2D eigenvalue weighted by Gasteiger charge is -1.99. The Hall–Kier alpha value is -2.69. The molecule has 2 aromatic heterocycles. The maximum atomic E-state index is 13.6. The van der Waals surface area contributed by atoms with Gasteiger partial charge in [0.15, 0.2) is 0 Å². The van der Waals surface area contributed by atoms with Gasteiger partial charge in [0, 0.05) is 12.6 Å². The molecule has 0 radical (unpaired) electrons. The summed E-state index contributed by atoms with van der Waals surface area (Å²) >= 11 is 0. The topological polar surface area (TPSA) is 54.6 Å². The van der Waals surface area contributed by atoms with Gasteiger partial charge in [-0.15, -0.1) is 0 Å². The van der Waals surface area contributed by atoms with Gasteiger partial charge in [-0.05, 0) is 23.8 Å². The predicted molar refractivity (Wildman–Crippen MR) is 71.4 cm³/mol. The van der Waals surface area contributed by atoms with Crippen LogP contribution in [0.15, 0.2) is 48.7 Å². The summed E-state index contributed by atoms with van der Waals surface area (Å²) in [4.78, 5) is 15.5. The number of pyridine rings is 1. The van der Waals surface area contributed by atoms with Gasteiger partial charge < -0.3 is 5.11 Å². The van der Waals surface area contributed by atoms with E-state index in [9.17, 15) is 9.18 Å². The van der Waals surface area contributed by atoms with E-state index in [1.807, 2.05) is 0 Å². The van der Waals surface area contributed by atoms with Crippen molar-refractivity contribution in [3.05, 3.63) is 71.4 Å². The second-order valence-corrected chi connectivity index (χ2v) is 4.44. The van der Waals surface area contributed by atoms with Gasteiger partial charge in [-0.1, -0.05) is 24.3 Å². The van der Waals surface area contributed by atoms with E-state index in [0.29, 0.717) is 23.3 Å². The molecule has 1 N–H and O–H groups in total. The fourth-order valence-corrected chi connectivity index (χ4v) is 2.16. The minimum Gasteiger partial charge on any atom is -0.477 e. The van der Waals surface area contributed by atoms with Gasteiger partial charge in [0.25, 0.3) is 0 Å². The number of imidazole rings is 1. The zero-order chi connectivity index (χ0) is 14.1. The highest BCUT2D eigenvalue weighted by Crippen LogP contribution is 2.15. The monoisotopic (exact) mass is 270 g/mol. The highest BCUT2D eigenvalue weighted by atomic mass is 19.1. The second-order valence-electron chi connectivity index (χ2n) is 4.44.